The molecule has 2 aromatic rings. The Labute approximate surface area is 160 Å². The van der Waals surface area contributed by atoms with Gasteiger partial charge in [-0.2, -0.15) is 0 Å². The monoisotopic (exact) mass is 387 g/mol. The number of amides is 1. The molecular formula is C20H25N3O3S. The Morgan fingerprint density at radius 2 is 1.81 bits per heavy atom. The van der Waals surface area contributed by atoms with Gasteiger partial charge in [0.1, 0.15) is 0 Å². The lowest BCUT2D eigenvalue weighted by molar-refractivity contribution is 0.0941. The van der Waals surface area contributed by atoms with Crippen molar-refractivity contribution in [2.45, 2.75) is 29.8 Å². The maximum absolute atomic E-state index is 12.6. The van der Waals surface area contributed by atoms with Gasteiger partial charge in [0, 0.05) is 18.2 Å². The Hall–Kier alpha value is -2.22. The van der Waals surface area contributed by atoms with E-state index in [4.69, 9.17) is 0 Å². The van der Waals surface area contributed by atoms with Crippen LogP contribution >= 0.6 is 0 Å². The first kappa shape index (κ1) is 19.5. The van der Waals surface area contributed by atoms with E-state index in [0.717, 1.165) is 18.4 Å². The molecule has 1 aliphatic rings. The molecule has 0 radical (unpaired) electrons. The zero-order valence-electron chi connectivity index (χ0n) is 15.6. The summed E-state index contributed by atoms with van der Waals surface area (Å²) >= 11 is 0. The standard InChI is InChI=1S/C20H25N3O3S/c1-23(2)19(15-7-4-3-5-8-15)14-21-20(24)16-9-6-10-18(13-16)27(25,26)22-17-11-12-17/h3-10,13,17,19,22H,11-12,14H2,1-2H3,(H,21,24). The van der Waals surface area contributed by atoms with E-state index in [-0.39, 0.29) is 22.9 Å². The Bertz CT molecular complexity index is 894. The van der Waals surface area contributed by atoms with E-state index in [1.54, 1.807) is 12.1 Å². The predicted molar refractivity (Wildman–Crippen MR) is 105 cm³/mol. The molecule has 0 aliphatic heterocycles. The lowest BCUT2D eigenvalue weighted by atomic mass is 10.1. The highest BCUT2D eigenvalue weighted by atomic mass is 32.2. The Balaban J connectivity index is 1.69. The Morgan fingerprint density at radius 1 is 1.11 bits per heavy atom. The summed E-state index contributed by atoms with van der Waals surface area (Å²) in [6.45, 7) is 0.424. The Morgan fingerprint density at radius 3 is 2.44 bits per heavy atom. The van der Waals surface area contributed by atoms with Crippen LogP contribution in [0.1, 0.15) is 34.8 Å². The molecule has 3 rings (SSSR count). The van der Waals surface area contributed by atoms with Crippen LogP contribution in [0.15, 0.2) is 59.5 Å². The van der Waals surface area contributed by atoms with E-state index >= 15 is 0 Å². The molecule has 0 heterocycles. The van der Waals surface area contributed by atoms with Gasteiger partial charge in [-0.1, -0.05) is 36.4 Å². The number of carbonyl (C=O) groups is 1. The largest absolute Gasteiger partial charge is 0.350 e. The second-order valence-corrected chi connectivity index (χ2v) is 8.74. The molecule has 1 amide bonds. The number of nitrogens with zero attached hydrogens (tertiary/aromatic N) is 1. The molecule has 1 saturated carbocycles. The molecule has 2 N–H and O–H groups in total. The molecule has 1 unspecified atom stereocenters. The fraction of sp³-hybridized carbons (Fsp3) is 0.350. The van der Waals surface area contributed by atoms with Crippen LogP contribution in [0.25, 0.3) is 0 Å². The second-order valence-electron chi connectivity index (χ2n) is 7.02. The van der Waals surface area contributed by atoms with Crippen molar-refractivity contribution in [1.82, 2.24) is 14.9 Å². The lowest BCUT2D eigenvalue weighted by Gasteiger charge is -2.25. The van der Waals surface area contributed by atoms with Crippen LogP contribution in [0.5, 0.6) is 0 Å². The maximum atomic E-state index is 12.6. The number of hydrogen-bond acceptors (Lipinski definition) is 4. The molecule has 1 atom stereocenters. The van der Waals surface area contributed by atoms with Gasteiger partial charge in [-0.25, -0.2) is 13.1 Å². The van der Waals surface area contributed by atoms with Gasteiger partial charge in [0.2, 0.25) is 10.0 Å². The van der Waals surface area contributed by atoms with Gasteiger partial charge >= 0.3 is 0 Å². The quantitative estimate of drug-likeness (QED) is 0.728. The minimum absolute atomic E-state index is 0.0265. The van der Waals surface area contributed by atoms with E-state index in [1.165, 1.54) is 12.1 Å². The van der Waals surface area contributed by atoms with Crippen LogP contribution in [-0.2, 0) is 10.0 Å². The summed E-state index contributed by atoms with van der Waals surface area (Å²) in [4.78, 5) is 14.7. The van der Waals surface area contributed by atoms with Crippen molar-refractivity contribution in [3.63, 3.8) is 0 Å². The van der Waals surface area contributed by atoms with Crippen LogP contribution in [0.2, 0.25) is 0 Å². The highest BCUT2D eigenvalue weighted by molar-refractivity contribution is 7.89. The van der Waals surface area contributed by atoms with E-state index in [1.807, 2.05) is 49.3 Å². The minimum Gasteiger partial charge on any atom is -0.350 e. The molecule has 1 fully saturated rings. The summed E-state index contributed by atoms with van der Waals surface area (Å²) in [6, 6.07) is 16.1. The topological polar surface area (TPSA) is 78.5 Å². The summed E-state index contributed by atoms with van der Waals surface area (Å²) < 4.78 is 27.3. The van der Waals surface area contributed by atoms with Gasteiger partial charge in [-0.3, -0.25) is 4.79 Å². The van der Waals surface area contributed by atoms with Gasteiger partial charge < -0.3 is 10.2 Å². The third-order valence-corrected chi connectivity index (χ3v) is 6.09. The first-order valence-corrected chi connectivity index (χ1v) is 10.5. The third kappa shape index (κ3) is 5.15. The first-order valence-electron chi connectivity index (χ1n) is 8.99. The fourth-order valence-electron chi connectivity index (χ4n) is 2.86. The van der Waals surface area contributed by atoms with E-state index in [2.05, 4.69) is 10.0 Å². The number of benzene rings is 2. The number of rotatable bonds is 8. The predicted octanol–water partition coefficient (Wildman–Crippen LogP) is 2.16. The highest BCUT2D eigenvalue weighted by Gasteiger charge is 2.28. The van der Waals surface area contributed by atoms with Crippen LogP contribution in [-0.4, -0.2) is 45.9 Å². The molecule has 0 bridgehead atoms. The number of likely N-dealkylation sites (N-methyl/N-ethyl adjacent to an activating group) is 1. The van der Waals surface area contributed by atoms with Gasteiger partial charge in [0.05, 0.1) is 10.9 Å². The highest BCUT2D eigenvalue weighted by Crippen LogP contribution is 2.22. The molecule has 0 saturated heterocycles. The molecule has 144 valence electrons. The maximum Gasteiger partial charge on any atom is 0.251 e. The molecule has 7 heteroatoms. The molecule has 0 spiro atoms. The smallest absolute Gasteiger partial charge is 0.251 e. The average molecular weight is 388 g/mol. The zero-order valence-corrected chi connectivity index (χ0v) is 16.4. The SMILES string of the molecule is CN(C)C(CNC(=O)c1cccc(S(=O)(=O)NC2CC2)c1)c1ccccc1. The number of carbonyl (C=O) groups excluding carboxylic acids is 1. The molecule has 27 heavy (non-hydrogen) atoms. The number of sulfonamides is 1. The van der Waals surface area contributed by atoms with Crippen LogP contribution < -0.4 is 10.0 Å². The molecule has 0 aromatic heterocycles. The minimum atomic E-state index is -3.58. The lowest BCUT2D eigenvalue weighted by Crippen LogP contribution is -2.34. The average Bonchev–Trinajstić information content (AvgIpc) is 3.46. The van der Waals surface area contributed by atoms with E-state index in [9.17, 15) is 13.2 Å². The summed E-state index contributed by atoms with van der Waals surface area (Å²) in [5.41, 5.74) is 1.44. The first-order chi connectivity index (χ1) is 12.9. The van der Waals surface area contributed by atoms with E-state index < -0.39 is 10.0 Å². The summed E-state index contributed by atoms with van der Waals surface area (Å²) in [5, 5.41) is 2.91. The second kappa shape index (κ2) is 8.21. The summed E-state index contributed by atoms with van der Waals surface area (Å²) in [6.07, 6.45) is 1.73. The Kier molecular flexibility index (Phi) is 5.94. The van der Waals surface area contributed by atoms with Gasteiger partial charge in [-0.15, -0.1) is 0 Å². The van der Waals surface area contributed by atoms with Crippen LogP contribution in [0, 0.1) is 0 Å². The van der Waals surface area contributed by atoms with Crippen LogP contribution in [0.3, 0.4) is 0 Å². The normalized spacial score (nSPS) is 15.5. The molecule has 1 aliphatic carbocycles. The molecular weight excluding hydrogens is 362 g/mol. The van der Waals surface area contributed by atoms with Gasteiger partial charge in [0.25, 0.3) is 5.91 Å². The van der Waals surface area contributed by atoms with Crippen LogP contribution in [0.4, 0.5) is 0 Å². The van der Waals surface area contributed by atoms with E-state index in [0.29, 0.717) is 12.1 Å². The van der Waals surface area contributed by atoms with Crippen molar-refractivity contribution in [1.29, 1.82) is 0 Å². The van der Waals surface area contributed by atoms with Gasteiger partial charge in [0.15, 0.2) is 0 Å². The molecule has 6 nitrogen and oxygen atoms in total. The molecule has 2 aromatic carbocycles. The van der Waals surface area contributed by atoms with Crippen molar-refractivity contribution < 1.29 is 13.2 Å². The van der Waals surface area contributed by atoms with Gasteiger partial charge in [-0.05, 0) is 50.7 Å². The summed E-state index contributed by atoms with van der Waals surface area (Å²) in [5.74, 6) is -0.291. The zero-order chi connectivity index (χ0) is 19.4. The van der Waals surface area contributed by atoms with Crippen molar-refractivity contribution in [3.05, 3.63) is 65.7 Å². The van der Waals surface area contributed by atoms with Crippen molar-refractivity contribution >= 4 is 15.9 Å². The third-order valence-electron chi connectivity index (χ3n) is 4.57. The van der Waals surface area contributed by atoms with Crippen molar-refractivity contribution in [3.8, 4) is 0 Å². The number of nitrogens with one attached hydrogen (secondary N) is 2. The number of hydrogen-bond donors (Lipinski definition) is 2. The fourth-order valence-corrected chi connectivity index (χ4v) is 4.21. The van der Waals surface area contributed by atoms with Crippen molar-refractivity contribution in [2.75, 3.05) is 20.6 Å². The van der Waals surface area contributed by atoms with Crippen molar-refractivity contribution in [2.24, 2.45) is 0 Å². The summed E-state index contributed by atoms with van der Waals surface area (Å²) in [7, 11) is 0.339.